The highest BCUT2D eigenvalue weighted by Crippen LogP contribution is 2.28. The van der Waals surface area contributed by atoms with Crippen LogP contribution in [0.1, 0.15) is 21.5 Å². The van der Waals surface area contributed by atoms with E-state index in [9.17, 15) is 9.90 Å². The van der Waals surface area contributed by atoms with E-state index in [4.69, 9.17) is 4.74 Å². The third-order valence-electron chi connectivity index (χ3n) is 3.40. The highest BCUT2D eigenvalue weighted by Gasteiger charge is 2.17. The largest absolute Gasteiger partial charge is 0.465 e. The third kappa shape index (κ3) is 3.75. The first-order valence-corrected chi connectivity index (χ1v) is 8.14. The monoisotopic (exact) mass is 408 g/mol. The van der Waals surface area contributed by atoms with Gasteiger partial charge in [-0.05, 0) is 38.8 Å². The molecular formula is C18H17IO3. The fourth-order valence-corrected chi connectivity index (χ4v) is 2.77. The number of benzene rings is 2. The molecule has 0 unspecified atom stereocenters. The Kier molecular flexibility index (Phi) is 6.15. The molecule has 0 spiro atoms. The molecule has 0 bridgehead atoms. The van der Waals surface area contributed by atoms with Gasteiger partial charge < -0.3 is 9.84 Å². The predicted octanol–water partition coefficient (Wildman–Crippen LogP) is 4.08. The zero-order valence-electron chi connectivity index (χ0n) is 12.3. The van der Waals surface area contributed by atoms with Gasteiger partial charge in [0, 0.05) is 6.61 Å². The molecule has 0 atom stereocenters. The molecular weight excluding hydrogens is 391 g/mol. The number of rotatable bonds is 5. The molecule has 2 rings (SSSR count). The molecule has 0 aliphatic carbocycles. The second kappa shape index (κ2) is 8.10. The van der Waals surface area contributed by atoms with Crippen LogP contribution in [0.5, 0.6) is 0 Å². The molecule has 0 heterocycles. The average Bonchev–Trinajstić information content (AvgIpc) is 2.55. The fraction of sp³-hybridized carbons (Fsp3) is 0.167. The quantitative estimate of drug-likeness (QED) is 0.599. The van der Waals surface area contributed by atoms with Gasteiger partial charge >= 0.3 is 5.97 Å². The van der Waals surface area contributed by atoms with Crippen LogP contribution in [0.25, 0.3) is 17.2 Å². The minimum absolute atomic E-state index is 0.00710. The number of carbonyl (C=O) groups is 1. The first kappa shape index (κ1) is 16.7. The topological polar surface area (TPSA) is 46.5 Å². The van der Waals surface area contributed by atoms with Gasteiger partial charge in [0.1, 0.15) is 0 Å². The first-order chi connectivity index (χ1) is 10.7. The van der Waals surface area contributed by atoms with E-state index in [0.717, 1.165) is 22.3 Å². The summed E-state index contributed by atoms with van der Waals surface area (Å²) >= 11 is 2.18. The van der Waals surface area contributed by atoms with Crippen LogP contribution in [-0.2, 0) is 11.2 Å². The van der Waals surface area contributed by atoms with Gasteiger partial charge in [0.05, 0.1) is 12.7 Å². The number of aliphatic hydroxyl groups excluding tert-OH is 1. The SMILES string of the molecule is COC(=O)c1c(CCO)cccc1-c1ccc(C=CI)cc1. The minimum atomic E-state index is -0.379. The van der Waals surface area contributed by atoms with E-state index in [0.29, 0.717) is 12.0 Å². The van der Waals surface area contributed by atoms with Crippen molar-refractivity contribution in [3.8, 4) is 11.1 Å². The molecule has 1 N–H and O–H groups in total. The maximum absolute atomic E-state index is 12.2. The van der Waals surface area contributed by atoms with E-state index < -0.39 is 0 Å². The van der Waals surface area contributed by atoms with Crippen LogP contribution in [0.15, 0.2) is 46.5 Å². The molecule has 0 aliphatic heterocycles. The van der Waals surface area contributed by atoms with E-state index in [1.807, 2.05) is 52.6 Å². The Balaban J connectivity index is 2.53. The van der Waals surface area contributed by atoms with E-state index in [-0.39, 0.29) is 12.6 Å². The molecule has 3 nitrogen and oxygen atoms in total. The van der Waals surface area contributed by atoms with Crippen LogP contribution in [-0.4, -0.2) is 24.8 Å². The predicted molar refractivity (Wildman–Crippen MR) is 97.1 cm³/mol. The van der Waals surface area contributed by atoms with Gasteiger partial charge in [-0.15, -0.1) is 0 Å². The van der Waals surface area contributed by atoms with Gasteiger partial charge in [0.2, 0.25) is 0 Å². The van der Waals surface area contributed by atoms with Crippen molar-refractivity contribution in [1.82, 2.24) is 0 Å². The number of methoxy groups -OCH3 is 1. The Morgan fingerprint density at radius 2 is 1.95 bits per heavy atom. The zero-order chi connectivity index (χ0) is 15.9. The molecule has 0 radical (unpaired) electrons. The van der Waals surface area contributed by atoms with Gasteiger partial charge in [-0.25, -0.2) is 4.79 Å². The molecule has 0 amide bonds. The molecule has 2 aromatic carbocycles. The summed E-state index contributed by atoms with van der Waals surface area (Å²) in [6.45, 7) is -0.00710. The first-order valence-electron chi connectivity index (χ1n) is 6.89. The number of hydrogen-bond donors (Lipinski definition) is 1. The van der Waals surface area contributed by atoms with Gasteiger partial charge in [-0.3, -0.25) is 0 Å². The zero-order valence-corrected chi connectivity index (χ0v) is 14.4. The van der Waals surface area contributed by atoms with Gasteiger partial charge in [-0.2, -0.15) is 0 Å². The number of aliphatic hydroxyl groups is 1. The molecule has 22 heavy (non-hydrogen) atoms. The summed E-state index contributed by atoms with van der Waals surface area (Å²) in [7, 11) is 1.37. The second-order valence-corrected chi connectivity index (χ2v) is 5.44. The Bertz CT molecular complexity index is 675. The average molecular weight is 408 g/mol. The Hall–Kier alpha value is -1.66. The molecule has 0 saturated carbocycles. The van der Waals surface area contributed by atoms with Crippen molar-refractivity contribution in [2.45, 2.75) is 6.42 Å². The maximum atomic E-state index is 12.2. The van der Waals surface area contributed by atoms with E-state index in [2.05, 4.69) is 22.6 Å². The van der Waals surface area contributed by atoms with E-state index >= 15 is 0 Å². The smallest absolute Gasteiger partial charge is 0.338 e. The summed E-state index contributed by atoms with van der Waals surface area (Å²) in [6.07, 6.45) is 2.43. The number of hydrogen-bond acceptors (Lipinski definition) is 3. The van der Waals surface area contributed by atoms with Crippen LogP contribution in [0.4, 0.5) is 0 Å². The highest BCUT2D eigenvalue weighted by atomic mass is 127. The minimum Gasteiger partial charge on any atom is -0.465 e. The van der Waals surface area contributed by atoms with Gasteiger partial charge in [0.15, 0.2) is 0 Å². The maximum Gasteiger partial charge on any atom is 0.338 e. The van der Waals surface area contributed by atoms with Crippen molar-refractivity contribution < 1.29 is 14.6 Å². The van der Waals surface area contributed by atoms with Crippen LogP contribution in [0.2, 0.25) is 0 Å². The molecule has 114 valence electrons. The van der Waals surface area contributed by atoms with Crippen LogP contribution in [0, 0.1) is 0 Å². The van der Waals surface area contributed by atoms with Crippen LogP contribution in [0.3, 0.4) is 0 Å². The van der Waals surface area contributed by atoms with Gasteiger partial charge in [-0.1, -0.05) is 65.1 Å². The number of ether oxygens (including phenoxy) is 1. The van der Waals surface area contributed by atoms with Crippen molar-refractivity contribution in [2.75, 3.05) is 13.7 Å². The van der Waals surface area contributed by atoms with Gasteiger partial charge in [0.25, 0.3) is 0 Å². The Morgan fingerprint density at radius 1 is 1.23 bits per heavy atom. The molecule has 0 fully saturated rings. The lowest BCUT2D eigenvalue weighted by molar-refractivity contribution is 0.0600. The summed E-state index contributed by atoms with van der Waals surface area (Å²) < 4.78 is 6.87. The van der Waals surface area contributed by atoms with Crippen molar-refractivity contribution in [2.24, 2.45) is 0 Å². The fourth-order valence-electron chi connectivity index (χ4n) is 2.36. The lowest BCUT2D eigenvalue weighted by atomic mass is 9.93. The Morgan fingerprint density at radius 3 is 2.55 bits per heavy atom. The van der Waals surface area contributed by atoms with Crippen molar-refractivity contribution in [3.63, 3.8) is 0 Å². The number of esters is 1. The van der Waals surface area contributed by atoms with Crippen LogP contribution >= 0.6 is 22.6 Å². The van der Waals surface area contributed by atoms with Crippen molar-refractivity contribution in [1.29, 1.82) is 0 Å². The standard InChI is InChI=1S/C18H17IO3/c1-22-18(21)17-15(10-12-20)3-2-4-16(17)14-7-5-13(6-8-14)9-11-19/h2-9,11,20H,10,12H2,1H3. The second-order valence-electron chi connectivity index (χ2n) is 4.72. The Labute approximate surface area is 143 Å². The molecule has 0 saturated heterocycles. The van der Waals surface area contributed by atoms with Crippen molar-refractivity contribution >= 4 is 34.6 Å². The normalized spacial score (nSPS) is 10.9. The van der Waals surface area contributed by atoms with E-state index in [1.165, 1.54) is 7.11 Å². The molecule has 2 aromatic rings. The van der Waals surface area contributed by atoms with E-state index in [1.54, 1.807) is 0 Å². The van der Waals surface area contributed by atoms with Crippen LogP contribution < -0.4 is 0 Å². The number of carbonyl (C=O) groups excluding carboxylic acids is 1. The molecule has 4 heteroatoms. The lowest BCUT2D eigenvalue weighted by Gasteiger charge is -2.13. The number of halogens is 1. The summed E-state index contributed by atoms with van der Waals surface area (Å²) in [5, 5.41) is 9.20. The summed E-state index contributed by atoms with van der Waals surface area (Å²) in [5.74, 6) is -0.379. The highest BCUT2D eigenvalue weighted by molar-refractivity contribution is 14.1. The summed E-state index contributed by atoms with van der Waals surface area (Å²) in [6, 6.07) is 13.6. The van der Waals surface area contributed by atoms with Crippen molar-refractivity contribution in [3.05, 3.63) is 63.2 Å². The summed E-state index contributed by atoms with van der Waals surface area (Å²) in [5.41, 5.74) is 4.19. The molecule has 0 aromatic heterocycles. The molecule has 0 aliphatic rings. The third-order valence-corrected chi connectivity index (χ3v) is 3.76. The lowest BCUT2D eigenvalue weighted by Crippen LogP contribution is -2.09. The summed E-state index contributed by atoms with van der Waals surface area (Å²) in [4.78, 5) is 12.2.